The first-order valence-electron chi connectivity index (χ1n) is 5.35. The lowest BCUT2D eigenvalue weighted by Gasteiger charge is -1.97. The van der Waals surface area contributed by atoms with E-state index < -0.39 is 5.82 Å². The van der Waals surface area contributed by atoms with Crippen molar-refractivity contribution in [3.8, 4) is 17.5 Å². The van der Waals surface area contributed by atoms with E-state index in [1.165, 1.54) is 18.2 Å². The van der Waals surface area contributed by atoms with E-state index in [1.807, 2.05) is 6.07 Å². The third kappa shape index (κ3) is 2.84. The Balaban J connectivity index is 2.16. The van der Waals surface area contributed by atoms with Gasteiger partial charge < -0.3 is 4.52 Å². The van der Waals surface area contributed by atoms with Gasteiger partial charge in [-0.15, -0.1) is 0 Å². The van der Waals surface area contributed by atoms with Crippen molar-refractivity contribution >= 4 is 11.6 Å². The monoisotopic (exact) mass is 265 g/mol. The smallest absolute Gasteiger partial charge is 0.226 e. The molecule has 0 aliphatic rings. The van der Waals surface area contributed by atoms with Gasteiger partial charge in [0.15, 0.2) is 0 Å². The summed E-state index contributed by atoms with van der Waals surface area (Å²) in [7, 11) is 0. The molecule has 0 saturated heterocycles. The van der Waals surface area contributed by atoms with Gasteiger partial charge in [-0.25, -0.2) is 4.39 Å². The van der Waals surface area contributed by atoms with Gasteiger partial charge in [-0.1, -0.05) is 16.8 Å². The Hall–Kier alpha value is -1.93. The first-order valence-corrected chi connectivity index (χ1v) is 5.73. The number of halogens is 2. The van der Waals surface area contributed by atoms with Crippen molar-refractivity contribution in [2.24, 2.45) is 0 Å². The van der Waals surface area contributed by atoms with Crippen LogP contribution in [-0.2, 0) is 6.42 Å². The van der Waals surface area contributed by atoms with Gasteiger partial charge in [0, 0.05) is 18.4 Å². The number of nitrogens with zero attached hydrogens (tertiary/aromatic N) is 3. The number of benzene rings is 1. The van der Waals surface area contributed by atoms with Crippen LogP contribution in [0.5, 0.6) is 0 Å². The maximum Gasteiger partial charge on any atom is 0.226 e. The second-order valence-electron chi connectivity index (χ2n) is 3.65. The van der Waals surface area contributed by atoms with Gasteiger partial charge in [0.1, 0.15) is 5.82 Å². The molecule has 0 bridgehead atoms. The van der Waals surface area contributed by atoms with Crippen LogP contribution in [0.3, 0.4) is 0 Å². The van der Waals surface area contributed by atoms with Crippen LogP contribution in [0, 0.1) is 17.1 Å². The summed E-state index contributed by atoms with van der Waals surface area (Å²) in [5.74, 6) is 0.356. The van der Waals surface area contributed by atoms with E-state index in [9.17, 15) is 4.39 Å². The molecule has 0 aliphatic carbocycles. The summed E-state index contributed by atoms with van der Waals surface area (Å²) in [5, 5.41) is 12.4. The molecule has 0 radical (unpaired) electrons. The van der Waals surface area contributed by atoms with Gasteiger partial charge in [-0.3, -0.25) is 0 Å². The summed E-state index contributed by atoms with van der Waals surface area (Å²) in [5.41, 5.74) is 0.522. The summed E-state index contributed by atoms with van der Waals surface area (Å²) in [6.45, 7) is 0. The first kappa shape index (κ1) is 12.5. The van der Waals surface area contributed by atoms with E-state index in [2.05, 4.69) is 10.1 Å². The molecule has 0 aliphatic heterocycles. The minimum Gasteiger partial charge on any atom is -0.339 e. The molecule has 0 unspecified atom stereocenters. The Kier molecular flexibility index (Phi) is 3.90. The number of aromatic nitrogens is 2. The fourth-order valence-electron chi connectivity index (χ4n) is 1.46. The molecule has 2 rings (SSSR count). The maximum atomic E-state index is 12.9. The fourth-order valence-corrected chi connectivity index (χ4v) is 1.71. The zero-order valence-corrected chi connectivity index (χ0v) is 10.1. The molecule has 0 saturated carbocycles. The molecule has 2 aromatic rings. The van der Waals surface area contributed by atoms with Crippen molar-refractivity contribution in [3.63, 3.8) is 0 Å². The first-order chi connectivity index (χ1) is 8.70. The Morgan fingerprint density at radius 2 is 2.28 bits per heavy atom. The fraction of sp³-hybridized carbons (Fsp3) is 0.250. The molecule has 6 heteroatoms. The highest BCUT2D eigenvalue weighted by atomic mass is 35.5. The molecule has 0 spiro atoms. The molecule has 0 amide bonds. The summed E-state index contributed by atoms with van der Waals surface area (Å²) in [6.07, 6.45) is 1.64. The summed E-state index contributed by atoms with van der Waals surface area (Å²) < 4.78 is 17.9. The molecule has 0 atom stereocenters. The van der Waals surface area contributed by atoms with Crippen molar-refractivity contribution in [1.82, 2.24) is 10.1 Å². The molecule has 1 heterocycles. The van der Waals surface area contributed by atoms with Crippen LogP contribution in [-0.4, -0.2) is 10.1 Å². The average Bonchev–Trinajstić information content (AvgIpc) is 2.78. The number of hydrogen-bond acceptors (Lipinski definition) is 4. The van der Waals surface area contributed by atoms with E-state index in [1.54, 1.807) is 0 Å². The predicted octanol–water partition coefficient (Wildman–Crippen LogP) is 3.38. The maximum absolute atomic E-state index is 12.9. The van der Waals surface area contributed by atoms with E-state index in [4.69, 9.17) is 21.4 Å². The topological polar surface area (TPSA) is 62.7 Å². The second-order valence-corrected chi connectivity index (χ2v) is 4.05. The zero-order chi connectivity index (χ0) is 13.0. The molecule has 4 nitrogen and oxygen atoms in total. The lowest BCUT2D eigenvalue weighted by atomic mass is 10.2. The number of unbranched alkanes of at least 4 members (excludes halogenated alkanes) is 1. The molecule has 0 fully saturated rings. The number of aryl methyl sites for hydroxylation is 1. The van der Waals surface area contributed by atoms with Crippen molar-refractivity contribution in [2.45, 2.75) is 19.3 Å². The summed E-state index contributed by atoms with van der Waals surface area (Å²) in [4.78, 5) is 4.15. The number of nitriles is 1. The van der Waals surface area contributed by atoms with Crippen LogP contribution in [0.4, 0.5) is 4.39 Å². The van der Waals surface area contributed by atoms with Gasteiger partial charge in [0.2, 0.25) is 11.7 Å². The van der Waals surface area contributed by atoms with Gasteiger partial charge in [0.25, 0.3) is 0 Å². The average molecular weight is 266 g/mol. The standard InChI is InChI=1S/C12H9ClFN3O/c13-10-7-8(14)4-5-9(10)12-16-11(18-17-12)3-1-2-6-15/h4-5,7H,1-3H2. The largest absolute Gasteiger partial charge is 0.339 e. The van der Waals surface area contributed by atoms with Gasteiger partial charge in [-0.05, 0) is 24.6 Å². The van der Waals surface area contributed by atoms with Gasteiger partial charge >= 0.3 is 0 Å². The van der Waals surface area contributed by atoms with Gasteiger partial charge in [0.05, 0.1) is 11.1 Å². The quantitative estimate of drug-likeness (QED) is 0.795. The molecule has 18 heavy (non-hydrogen) atoms. The molecular formula is C12H9ClFN3O. The van der Waals surface area contributed by atoms with E-state index >= 15 is 0 Å². The number of hydrogen-bond donors (Lipinski definition) is 0. The third-order valence-corrected chi connectivity index (χ3v) is 2.63. The summed E-state index contributed by atoms with van der Waals surface area (Å²) >= 11 is 5.90. The minimum atomic E-state index is -0.415. The van der Waals surface area contributed by atoms with Crippen molar-refractivity contribution < 1.29 is 8.91 Å². The molecule has 92 valence electrons. The van der Waals surface area contributed by atoms with E-state index in [0.717, 1.165) is 0 Å². The predicted molar refractivity (Wildman–Crippen MR) is 63.3 cm³/mol. The van der Waals surface area contributed by atoms with Crippen molar-refractivity contribution in [2.75, 3.05) is 0 Å². The molecule has 1 aromatic heterocycles. The lowest BCUT2D eigenvalue weighted by Crippen LogP contribution is -1.87. The zero-order valence-electron chi connectivity index (χ0n) is 9.36. The normalized spacial score (nSPS) is 10.3. The van der Waals surface area contributed by atoms with Crippen LogP contribution in [0.2, 0.25) is 5.02 Å². The highest BCUT2D eigenvalue weighted by Gasteiger charge is 2.12. The molecule has 0 N–H and O–H groups in total. The van der Waals surface area contributed by atoms with Crippen LogP contribution in [0.1, 0.15) is 18.7 Å². The minimum absolute atomic E-state index is 0.236. The van der Waals surface area contributed by atoms with Crippen LogP contribution < -0.4 is 0 Å². The van der Waals surface area contributed by atoms with E-state index in [0.29, 0.717) is 36.5 Å². The highest BCUT2D eigenvalue weighted by molar-refractivity contribution is 6.33. The van der Waals surface area contributed by atoms with Crippen molar-refractivity contribution in [3.05, 3.63) is 34.9 Å². The summed E-state index contributed by atoms with van der Waals surface area (Å²) in [6, 6.07) is 6.02. The SMILES string of the molecule is N#CCCCc1nc(-c2ccc(F)cc2Cl)no1. The Bertz CT molecular complexity index is 591. The van der Waals surface area contributed by atoms with Crippen LogP contribution in [0.25, 0.3) is 11.4 Å². The lowest BCUT2D eigenvalue weighted by molar-refractivity contribution is 0.376. The number of rotatable bonds is 4. The third-order valence-electron chi connectivity index (χ3n) is 2.32. The van der Waals surface area contributed by atoms with E-state index in [-0.39, 0.29) is 5.02 Å². The highest BCUT2D eigenvalue weighted by Crippen LogP contribution is 2.26. The van der Waals surface area contributed by atoms with Crippen LogP contribution in [0.15, 0.2) is 22.7 Å². The molecule has 1 aromatic carbocycles. The molecular weight excluding hydrogens is 257 g/mol. The second kappa shape index (κ2) is 5.61. The Labute approximate surface area is 108 Å². The van der Waals surface area contributed by atoms with Crippen molar-refractivity contribution in [1.29, 1.82) is 5.26 Å². The Morgan fingerprint density at radius 3 is 3.00 bits per heavy atom. The van der Waals surface area contributed by atoms with Gasteiger partial charge in [-0.2, -0.15) is 10.2 Å². The van der Waals surface area contributed by atoms with Crippen LogP contribution >= 0.6 is 11.6 Å². The Morgan fingerprint density at radius 1 is 1.44 bits per heavy atom.